The third-order valence-electron chi connectivity index (χ3n) is 6.94. The molecule has 0 amide bonds. The minimum absolute atomic E-state index is 0.146. The van der Waals surface area contributed by atoms with Gasteiger partial charge in [0.05, 0.1) is 17.5 Å². The Morgan fingerprint density at radius 1 is 1.00 bits per heavy atom. The number of rotatable bonds is 10. The van der Waals surface area contributed by atoms with Crippen molar-refractivity contribution in [3.05, 3.63) is 116 Å². The van der Waals surface area contributed by atoms with Gasteiger partial charge in [0.15, 0.2) is 17.4 Å². The smallest absolute Gasteiger partial charge is 0.439 e. The average Bonchev–Trinajstić information content (AvgIpc) is 3.42. The highest BCUT2D eigenvalue weighted by Gasteiger charge is 2.19. The standard InChI is InChI=1S/C33H33FN4O4/c1-5-9-28-26(32(39)38(30(6-2)35-28)23-16-17-29(27(34)19-23)41-20(3)4)18-21-12-14-22(15-13-21)24-10-7-8-11-25(24)31-36-33(40)42-37-31/h7-8,10-17,19-20H,5-6,9,18H2,1-4H3,(H,36,37,40). The average molecular weight is 569 g/mol. The van der Waals surface area contributed by atoms with E-state index in [0.717, 1.165) is 34.4 Å². The summed E-state index contributed by atoms with van der Waals surface area (Å²) in [6.07, 6.45) is 2.22. The van der Waals surface area contributed by atoms with Crippen LogP contribution in [-0.2, 0) is 19.3 Å². The molecule has 3 aromatic carbocycles. The monoisotopic (exact) mass is 568 g/mol. The topological polar surface area (TPSA) is 103 Å². The predicted molar refractivity (Wildman–Crippen MR) is 160 cm³/mol. The maximum Gasteiger partial charge on any atom is 0.439 e. The third-order valence-corrected chi connectivity index (χ3v) is 6.94. The first kappa shape index (κ1) is 28.7. The van der Waals surface area contributed by atoms with Crippen LogP contribution in [0.25, 0.3) is 28.2 Å². The van der Waals surface area contributed by atoms with Crippen LogP contribution in [0.15, 0.2) is 80.8 Å². The Labute approximate surface area is 242 Å². The minimum atomic E-state index is -0.617. The Morgan fingerprint density at radius 3 is 2.36 bits per heavy atom. The molecule has 0 radical (unpaired) electrons. The summed E-state index contributed by atoms with van der Waals surface area (Å²) in [6, 6.07) is 20.1. The van der Waals surface area contributed by atoms with Crippen LogP contribution in [0.3, 0.4) is 0 Å². The van der Waals surface area contributed by atoms with Gasteiger partial charge in [-0.15, -0.1) is 0 Å². The lowest BCUT2D eigenvalue weighted by atomic mass is 9.96. The summed E-state index contributed by atoms with van der Waals surface area (Å²) in [5, 5.41) is 3.83. The lowest BCUT2D eigenvalue weighted by Gasteiger charge is -2.18. The van der Waals surface area contributed by atoms with Crippen LogP contribution in [0.5, 0.6) is 5.75 Å². The molecule has 2 heterocycles. The SMILES string of the molecule is CCCc1nc(CC)n(-c2ccc(OC(C)C)c(F)c2)c(=O)c1Cc1ccc(-c2ccccc2-c2noc(=O)[nH]2)cc1. The van der Waals surface area contributed by atoms with E-state index in [2.05, 4.69) is 17.1 Å². The van der Waals surface area contributed by atoms with E-state index in [1.54, 1.807) is 12.1 Å². The van der Waals surface area contributed by atoms with Crippen LogP contribution in [0, 0.1) is 5.82 Å². The number of ether oxygens (including phenoxy) is 1. The zero-order chi connectivity index (χ0) is 29.8. The summed E-state index contributed by atoms with van der Waals surface area (Å²) in [5.41, 5.74) is 5.04. The van der Waals surface area contributed by atoms with E-state index in [-0.39, 0.29) is 17.4 Å². The van der Waals surface area contributed by atoms with Crippen molar-refractivity contribution in [3.63, 3.8) is 0 Å². The van der Waals surface area contributed by atoms with Crippen LogP contribution in [-0.4, -0.2) is 25.8 Å². The van der Waals surface area contributed by atoms with E-state index >= 15 is 0 Å². The summed E-state index contributed by atoms with van der Waals surface area (Å²) >= 11 is 0. The Morgan fingerprint density at radius 2 is 1.74 bits per heavy atom. The van der Waals surface area contributed by atoms with Crippen molar-refractivity contribution in [1.29, 1.82) is 0 Å². The van der Waals surface area contributed by atoms with Crippen molar-refractivity contribution in [3.8, 4) is 34.0 Å². The second-order valence-corrected chi connectivity index (χ2v) is 10.3. The molecular weight excluding hydrogens is 535 g/mol. The Kier molecular flexibility index (Phi) is 8.47. The number of aromatic amines is 1. The van der Waals surface area contributed by atoms with Crippen LogP contribution < -0.4 is 16.1 Å². The number of aryl methyl sites for hydroxylation is 2. The molecular formula is C33H33FN4O4. The van der Waals surface area contributed by atoms with Crippen LogP contribution in [0.4, 0.5) is 4.39 Å². The lowest BCUT2D eigenvalue weighted by molar-refractivity contribution is 0.231. The second kappa shape index (κ2) is 12.4. The molecule has 9 heteroatoms. The number of nitrogens with one attached hydrogen (secondary N) is 1. The molecule has 216 valence electrons. The molecule has 0 fully saturated rings. The molecule has 0 aliphatic rings. The second-order valence-electron chi connectivity index (χ2n) is 10.3. The van der Waals surface area contributed by atoms with Gasteiger partial charge in [-0.25, -0.2) is 14.2 Å². The lowest BCUT2D eigenvalue weighted by Crippen LogP contribution is -2.29. The summed E-state index contributed by atoms with van der Waals surface area (Å²) in [4.78, 5) is 33.1. The van der Waals surface area contributed by atoms with Gasteiger partial charge in [0.1, 0.15) is 5.82 Å². The van der Waals surface area contributed by atoms with Crippen molar-refractivity contribution < 1.29 is 13.7 Å². The van der Waals surface area contributed by atoms with Gasteiger partial charge < -0.3 is 4.74 Å². The fourth-order valence-corrected chi connectivity index (χ4v) is 5.05. The number of hydrogen-bond donors (Lipinski definition) is 1. The molecule has 0 bridgehead atoms. The molecule has 0 saturated heterocycles. The van der Waals surface area contributed by atoms with E-state index in [0.29, 0.717) is 42.2 Å². The van der Waals surface area contributed by atoms with Gasteiger partial charge in [0.25, 0.3) is 5.56 Å². The van der Waals surface area contributed by atoms with E-state index in [4.69, 9.17) is 14.2 Å². The highest BCUT2D eigenvalue weighted by atomic mass is 19.1. The molecule has 42 heavy (non-hydrogen) atoms. The molecule has 0 atom stereocenters. The molecule has 1 N–H and O–H groups in total. The molecule has 8 nitrogen and oxygen atoms in total. The maximum absolute atomic E-state index is 14.9. The summed E-state index contributed by atoms with van der Waals surface area (Å²) < 4.78 is 26.7. The highest BCUT2D eigenvalue weighted by Crippen LogP contribution is 2.30. The normalized spacial score (nSPS) is 11.3. The third kappa shape index (κ3) is 5.95. The number of benzene rings is 3. The summed E-state index contributed by atoms with van der Waals surface area (Å²) in [7, 11) is 0. The van der Waals surface area contributed by atoms with Gasteiger partial charge in [-0.2, -0.15) is 0 Å². The van der Waals surface area contributed by atoms with E-state index < -0.39 is 11.6 Å². The summed E-state index contributed by atoms with van der Waals surface area (Å²) in [6.45, 7) is 7.66. The molecule has 0 aliphatic carbocycles. The van der Waals surface area contributed by atoms with Crippen molar-refractivity contribution in [2.75, 3.05) is 0 Å². The van der Waals surface area contributed by atoms with Crippen LogP contribution in [0.1, 0.15) is 56.8 Å². The fraction of sp³-hybridized carbons (Fsp3) is 0.273. The number of halogens is 1. The van der Waals surface area contributed by atoms with Gasteiger partial charge in [0, 0.05) is 30.0 Å². The largest absolute Gasteiger partial charge is 0.488 e. The molecule has 5 rings (SSSR count). The van der Waals surface area contributed by atoms with Gasteiger partial charge in [0.2, 0.25) is 0 Å². The first-order valence-corrected chi connectivity index (χ1v) is 14.1. The van der Waals surface area contributed by atoms with Gasteiger partial charge in [-0.05, 0) is 49.1 Å². The number of nitrogens with zero attached hydrogens (tertiary/aromatic N) is 3. The fourth-order valence-electron chi connectivity index (χ4n) is 5.05. The first-order valence-electron chi connectivity index (χ1n) is 14.1. The Balaban J connectivity index is 1.52. The number of aromatic nitrogens is 4. The maximum atomic E-state index is 14.9. The van der Waals surface area contributed by atoms with Gasteiger partial charge in [-0.1, -0.05) is 74.0 Å². The highest BCUT2D eigenvalue weighted by molar-refractivity contribution is 5.80. The van der Waals surface area contributed by atoms with E-state index in [1.165, 1.54) is 10.6 Å². The predicted octanol–water partition coefficient (Wildman–Crippen LogP) is 6.27. The van der Waals surface area contributed by atoms with Crippen molar-refractivity contribution >= 4 is 0 Å². The quantitative estimate of drug-likeness (QED) is 0.213. The first-order chi connectivity index (χ1) is 20.3. The number of hydrogen-bond acceptors (Lipinski definition) is 6. The molecule has 5 aromatic rings. The molecule has 0 unspecified atom stereocenters. The summed E-state index contributed by atoms with van der Waals surface area (Å²) in [5.74, 6) is -0.0604. The Bertz CT molecular complexity index is 1820. The van der Waals surface area contributed by atoms with Crippen LogP contribution >= 0.6 is 0 Å². The van der Waals surface area contributed by atoms with Crippen molar-refractivity contribution in [1.82, 2.24) is 19.7 Å². The van der Waals surface area contributed by atoms with Crippen molar-refractivity contribution in [2.45, 2.75) is 59.5 Å². The zero-order valence-electron chi connectivity index (χ0n) is 24.1. The van der Waals surface area contributed by atoms with Crippen LogP contribution in [0.2, 0.25) is 0 Å². The molecule has 0 aliphatic heterocycles. The molecule has 0 saturated carbocycles. The minimum Gasteiger partial charge on any atom is -0.488 e. The van der Waals surface area contributed by atoms with E-state index in [1.807, 2.05) is 69.3 Å². The molecule has 2 aromatic heterocycles. The zero-order valence-corrected chi connectivity index (χ0v) is 24.1. The van der Waals surface area contributed by atoms with Gasteiger partial charge in [-0.3, -0.25) is 18.9 Å². The molecule has 0 spiro atoms. The van der Waals surface area contributed by atoms with Gasteiger partial charge >= 0.3 is 5.76 Å². The number of H-pyrrole nitrogens is 1. The Hall–Kier alpha value is -4.79. The van der Waals surface area contributed by atoms with E-state index in [9.17, 15) is 14.0 Å². The van der Waals surface area contributed by atoms with Crippen molar-refractivity contribution in [2.24, 2.45) is 0 Å².